The number of hydrogen-bond donors (Lipinski definition) is 1. The van der Waals surface area contributed by atoms with Crippen LogP contribution in [0.4, 0.5) is 0 Å². The standard InChI is InChI=1S/C13H19NO2S/c1-4-5-8-13(2,12(15)16-3)14-10-11-7-6-9-17-11/h4,6-7,9,14H,1,5,8,10H2,2-3H3. The molecular weight excluding hydrogens is 234 g/mol. The van der Waals surface area contributed by atoms with Gasteiger partial charge in [-0.1, -0.05) is 12.1 Å². The van der Waals surface area contributed by atoms with E-state index in [2.05, 4.69) is 11.9 Å². The minimum atomic E-state index is -0.646. The number of ether oxygens (including phenoxy) is 1. The molecule has 0 spiro atoms. The van der Waals surface area contributed by atoms with Crippen molar-refractivity contribution in [3.8, 4) is 0 Å². The lowest BCUT2D eigenvalue weighted by atomic mass is 9.95. The molecular formula is C13H19NO2S. The van der Waals surface area contributed by atoms with Crippen molar-refractivity contribution < 1.29 is 9.53 Å². The molecule has 1 aromatic rings. The summed E-state index contributed by atoms with van der Waals surface area (Å²) >= 11 is 1.67. The summed E-state index contributed by atoms with van der Waals surface area (Å²) in [7, 11) is 1.42. The van der Waals surface area contributed by atoms with Gasteiger partial charge in [-0.3, -0.25) is 10.1 Å². The van der Waals surface area contributed by atoms with Crippen LogP contribution in [0.15, 0.2) is 30.2 Å². The molecule has 1 unspecified atom stereocenters. The van der Waals surface area contributed by atoms with E-state index >= 15 is 0 Å². The first kappa shape index (κ1) is 13.9. The van der Waals surface area contributed by atoms with Gasteiger partial charge < -0.3 is 4.74 Å². The Morgan fingerprint density at radius 3 is 3.00 bits per heavy atom. The van der Waals surface area contributed by atoms with Crippen molar-refractivity contribution in [2.24, 2.45) is 0 Å². The van der Waals surface area contributed by atoms with Gasteiger partial charge >= 0.3 is 5.97 Å². The zero-order chi connectivity index (χ0) is 12.7. The maximum absolute atomic E-state index is 11.8. The molecule has 0 aliphatic heterocycles. The van der Waals surface area contributed by atoms with Crippen LogP contribution in [0.1, 0.15) is 24.6 Å². The van der Waals surface area contributed by atoms with Gasteiger partial charge in [-0.05, 0) is 31.2 Å². The van der Waals surface area contributed by atoms with Crippen molar-refractivity contribution in [3.63, 3.8) is 0 Å². The normalized spacial score (nSPS) is 14.0. The first-order chi connectivity index (χ1) is 8.12. The Morgan fingerprint density at radius 2 is 2.47 bits per heavy atom. The monoisotopic (exact) mass is 253 g/mol. The number of carbonyl (C=O) groups is 1. The van der Waals surface area contributed by atoms with Gasteiger partial charge in [-0.25, -0.2) is 0 Å². The van der Waals surface area contributed by atoms with Crippen molar-refractivity contribution >= 4 is 17.3 Å². The van der Waals surface area contributed by atoms with Gasteiger partial charge in [0.05, 0.1) is 7.11 Å². The summed E-state index contributed by atoms with van der Waals surface area (Å²) < 4.78 is 4.85. The lowest BCUT2D eigenvalue weighted by Crippen LogP contribution is -2.49. The van der Waals surface area contributed by atoms with Gasteiger partial charge in [0, 0.05) is 11.4 Å². The Hall–Kier alpha value is -1.13. The predicted molar refractivity (Wildman–Crippen MR) is 71.0 cm³/mol. The smallest absolute Gasteiger partial charge is 0.325 e. The number of esters is 1. The highest BCUT2D eigenvalue weighted by Gasteiger charge is 2.32. The Morgan fingerprint density at radius 1 is 1.71 bits per heavy atom. The predicted octanol–water partition coefficient (Wildman–Crippen LogP) is 2.74. The molecule has 4 heteroatoms. The molecule has 0 fully saturated rings. The van der Waals surface area contributed by atoms with Crippen LogP contribution in [0.3, 0.4) is 0 Å². The number of rotatable bonds is 7. The van der Waals surface area contributed by atoms with Crippen LogP contribution in [-0.4, -0.2) is 18.6 Å². The van der Waals surface area contributed by atoms with Crippen molar-refractivity contribution in [3.05, 3.63) is 35.0 Å². The van der Waals surface area contributed by atoms with E-state index in [1.807, 2.05) is 30.5 Å². The zero-order valence-electron chi connectivity index (χ0n) is 10.4. The number of thiophene rings is 1. The van der Waals surface area contributed by atoms with Crippen LogP contribution in [0.5, 0.6) is 0 Å². The second-order valence-corrected chi connectivity index (χ2v) is 5.12. The minimum absolute atomic E-state index is 0.226. The molecule has 1 N–H and O–H groups in total. The highest BCUT2D eigenvalue weighted by molar-refractivity contribution is 7.09. The fourth-order valence-electron chi connectivity index (χ4n) is 1.57. The minimum Gasteiger partial charge on any atom is -0.468 e. The summed E-state index contributed by atoms with van der Waals surface area (Å²) in [5.74, 6) is -0.226. The molecule has 17 heavy (non-hydrogen) atoms. The summed E-state index contributed by atoms with van der Waals surface area (Å²) in [5.41, 5.74) is -0.646. The van der Waals surface area contributed by atoms with Crippen molar-refractivity contribution in [2.75, 3.05) is 7.11 Å². The first-order valence-electron chi connectivity index (χ1n) is 5.59. The molecule has 94 valence electrons. The van der Waals surface area contributed by atoms with Gasteiger partial charge in [-0.15, -0.1) is 17.9 Å². The molecule has 0 aliphatic rings. The highest BCUT2D eigenvalue weighted by atomic mass is 32.1. The van der Waals surface area contributed by atoms with Gasteiger partial charge in [0.2, 0.25) is 0 Å². The first-order valence-corrected chi connectivity index (χ1v) is 6.47. The number of hydrogen-bond acceptors (Lipinski definition) is 4. The van der Waals surface area contributed by atoms with Gasteiger partial charge in [-0.2, -0.15) is 0 Å². The summed E-state index contributed by atoms with van der Waals surface area (Å²) in [6.07, 6.45) is 3.28. The molecule has 0 bridgehead atoms. The molecule has 1 rings (SSSR count). The van der Waals surface area contributed by atoms with E-state index in [0.29, 0.717) is 13.0 Å². The van der Waals surface area contributed by atoms with Crippen LogP contribution < -0.4 is 5.32 Å². The van der Waals surface area contributed by atoms with E-state index in [9.17, 15) is 4.79 Å². The average molecular weight is 253 g/mol. The van der Waals surface area contributed by atoms with E-state index in [1.165, 1.54) is 12.0 Å². The van der Waals surface area contributed by atoms with Gasteiger partial charge in [0.15, 0.2) is 0 Å². The van der Waals surface area contributed by atoms with E-state index in [4.69, 9.17) is 4.74 Å². The Labute approximate surface area is 106 Å². The molecule has 0 saturated heterocycles. The number of allylic oxidation sites excluding steroid dienone is 1. The summed E-state index contributed by atoms with van der Waals surface area (Å²) in [6.45, 7) is 6.23. The second kappa shape index (κ2) is 6.57. The molecule has 1 atom stereocenters. The molecule has 0 amide bonds. The zero-order valence-corrected chi connectivity index (χ0v) is 11.2. The molecule has 0 radical (unpaired) electrons. The Kier molecular flexibility index (Phi) is 5.38. The third-order valence-electron chi connectivity index (χ3n) is 2.72. The summed E-state index contributed by atoms with van der Waals surface area (Å²) in [6, 6.07) is 4.05. The van der Waals surface area contributed by atoms with E-state index in [0.717, 1.165) is 6.42 Å². The van der Waals surface area contributed by atoms with Gasteiger partial charge in [0.1, 0.15) is 5.54 Å². The maximum Gasteiger partial charge on any atom is 0.325 e. The van der Waals surface area contributed by atoms with Crippen LogP contribution in [0.25, 0.3) is 0 Å². The quantitative estimate of drug-likeness (QED) is 0.600. The second-order valence-electron chi connectivity index (χ2n) is 4.08. The molecule has 0 aromatic carbocycles. The molecule has 1 aromatic heterocycles. The Bertz CT molecular complexity index is 362. The van der Waals surface area contributed by atoms with Crippen molar-refractivity contribution in [1.82, 2.24) is 5.32 Å². The fourth-order valence-corrected chi connectivity index (χ4v) is 2.22. The highest BCUT2D eigenvalue weighted by Crippen LogP contribution is 2.17. The van der Waals surface area contributed by atoms with Gasteiger partial charge in [0.25, 0.3) is 0 Å². The third kappa shape index (κ3) is 3.98. The molecule has 0 saturated carbocycles. The molecule has 3 nitrogen and oxygen atoms in total. The number of carbonyl (C=O) groups excluding carboxylic acids is 1. The Balaban J connectivity index is 2.62. The van der Waals surface area contributed by atoms with Crippen LogP contribution >= 0.6 is 11.3 Å². The summed E-state index contributed by atoms with van der Waals surface area (Å²) in [5, 5.41) is 5.30. The van der Waals surface area contributed by atoms with Crippen LogP contribution in [0.2, 0.25) is 0 Å². The number of nitrogens with one attached hydrogen (secondary N) is 1. The van der Waals surface area contributed by atoms with Crippen molar-refractivity contribution in [2.45, 2.75) is 31.8 Å². The molecule has 0 aliphatic carbocycles. The maximum atomic E-state index is 11.8. The van der Waals surface area contributed by atoms with E-state index in [1.54, 1.807) is 11.3 Å². The molecule has 1 heterocycles. The third-order valence-corrected chi connectivity index (χ3v) is 3.59. The average Bonchev–Trinajstić information content (AvgIpc) is 2.86. The lowest BCUT2D eigenvalue weighted by Gasteiger charge is -2.27. The van der Waals surface area contributed by atoms with Crippen LogP contribution in [0, 0.1) is 0 Å². The number of methoxy groups -OCH3 is 1. The van der Waals surface area contributed by atoms with E-state index in [-0.39, 0.29) is 5.97 Å². The topological polar surface area (TPSA) is 38.3 Å². The fraction of sp³-hybridized carbons (Fsp3) is 0.462. The summed E-state index contributed by atoms with van der Waals surface area (Å²) in [4.78, 5) is 13.0. The van der Waals surface area contributed by atoms with E-state index < -0.39 is 5.54 Å². The SMILES string of the molecule is C=CCCC(C)(NCc1cccs1)C(=O)OC. The lowest BCUT2D eigenvalue weighted by molar-refractivity contribution is -0.148. The van der Waals surface area contributed by atoms with Crippen molar-refractivity contribution in [1.29, 1.82) is 0 Å². The van der Waals surface area contributed by atoms with Crippen LogP contribution in [-0.2, 0) is 16.1 Å². The largest absolute Gasteiger partial charge is 0.468 e.